The molecule has 86 valence electrons. The number of rotatable bonds is 5. The Labute approximate surface area is 104 Å². The lowest BCUT2D eigenvalue weighted by Gasteiger charge is -2.02. The molecule has 4 nitrogen and oxygen atoms in total. The third-order valence-electron chi connectivity index (χ3n) is 1.99. The van der Waals surface area contributed by atoms with Gasteiger partial charge in [-0.15, -0.1) is 11.8 Å². The fourth-order valence-electron chi connectivity index (χ4n) is 1.19. The van der Waals surface area contributed by atoms with E-state index in [2.05, 4.69) is 9.69 Å². The maximum Gasteiger partial charge on any atom is 0.303 e. The molecule has 1 rings (SSSR count). The van der Waals surface area contributed by atoms with Crippen LogP contribution in [-0.4, -0.2) is 16.8 Å². The fourth-order valence-corrected chi connectivity index (χ4v) is 2.07. The molecular weight excluding hydrogens is 236 g/mol. The van der Waals surface area contributed by atoms with Gasteiger partial charge in [-0.2, -0.15) is 0 Å². The number of carboxylic acids is 1. The topological polar surface area (TPSA) is 46.0 Å². The lowest BCUT2D eigenvalue weighted by molar-refractivity contribution is -0.137. The van der Waals surface area contributed by atoms with Crippen molar-refractivity contribution in [3.63, 3.8) is 0 Å². The van der Waals surface area contributed by atoms with Gasteiger partial charge < -0.3 is 5.11 Å². The molecule has 0 saturated carbocycles. The molecule has 0 aliphatic carbocycles. The minimum Gasteiger partial charge on any atom is -0.481 e. The maximum absolute atomic E-state index is 10.3. The Hall–Kier alpha value is -1.98. The Kier molecular flexibility index (Phi) is 5.06. The summed E-state index contributed by atoms with van der Waals surface area (Å²) in [5.74, 6) is -0.100. The molecule has 0 amide bonds. The average Bonchev–Trinajstić information content (AvgIpc) is 2.34. The van der Waals surface area contributed by atoms with Gasteiger partial charge in [0.1, 0.15) is 0 Å². The van der Waals surface area contributed by atoms with Crippen molar-refractivity contribution < 1.29 is 9.90 Å². The van der Waals surface area contributed by atoms with Crippen LogP contribution in [0.3, 0.4) is 0 Å². The molecule has 5 heteroatoms. The summed E-state index contributed by atoms with van der Waals surface area (Å²) in [6.45, 7) is 13.8. The number of aliphatic carboxylic acids is 1. The Morgan fingerprint density at radius 2 is 2.00 bits per heavy atom. The minimum absolute atomic E-state index is 0.156. The zero-order chi connectivity index (χ0) is 12.7. The molecule has 0 spiro atoms. The first kappa shape index (κ1) is 13.1. The zero-order valence-electron chi connectivity index (χ0n) is 9.01. The summed E-state index contributed by atoms with van der Waals surface area (Å²) in [7, 11) is 0. The van der Waals surface area contributed by atoms with Crippen LogP contribution in [0.2, 0.25) is 0 Å². The summed E-state index contributed by atoms with van der Waals surface area (Å²) >= 11 is 1.50. The van der Waals surface area contributed by atoms with Crippen molar-refractivity contribution in [3.8, 4) is 0 Å². The van der Waals surface area contributed by atoms with Gasteiger partial charge in [-0.25, -0.2) is 0 Å². The quantitative estimate of drug-likeness (QED) is 0.489. The summed E-state index contributed by atoms with van der Waals surface area (Å²) in [6.07, 6.45) is 0.751. The number of hydrogen-bond donors (Lipinski definition) is 1. The van der Waals surface area contributed by atoms with E-state index in [9.17, 15) is 4.79 Å². The van der Waals surface area contributed by atoms with Crippen LogP contribution in [0.1, 0.15) is 12.8 Å². The van der Waals surface area contributed by atoms with Crippen molar-refractivity contribution >= 4 is 29.1 Å². The third-order valence-corrected chi connectivity index (χ3v) is 3.07. The van der Waals surface area contributed by atoms with Crippen LogP contribution in [-0.2, 0) is 4.79 Å². The molecule has 0 heterocycles. The van der Waals surface area contributed by atoms with Gasteiger partial charge in [-0.05, 0) is 17.1 Å². The predicted molar refractivity (Wildman–Crippen MR) is 66.6 cm³/mol. The van der Waals surface area contributed by atoms with Crippen molar-refractivity contribution in [3.05, 3.63) is 41.0 Å². The monoisotopic (exact) mass is 246 g/mol. The van der Waals surface area contributed by atoms with Crippen LogP contribution in [0.25, 0.3) is 9.69 Å². The van der Waals surface area contributed by atoms with Crippen LogP contribution in [0, 0.1) is 13.1 Å². The van der Waals surface area contributed by atoms with Crippen LogP contribution in [0.5, 0.6) is 0 Å². The molecule has 1 aromatic carbocycles. The smallest absolute Gasteiger partial charge is 0.303 e. The largest absolute Gasteiger partial charge is 0.481 e. The molecule has 0 bridgehead atoms. The van der Waals surface area contributed by atoms with Crippen molar-refractivity contribution in [2.45, 2.75) is 17.7 Å². The fraction of sp³-hybridized carbons (Fsp3) is 0.250. The molecule has 0 aliphatic heterocycles. The van der Waals surface area contributed by atoms with E-state index in [0.717, 1.165) is 4.90 Å². The molecule has 0 aliphatic rings. The molecule has 1 N–H and O–H groups in total. The van der Waals surface area contributed by atoms with Gasteiger partial charge in [0.2, 0.25) is 0 Å². The Morgan fingerprint density at radius 3 is 2.59 bits per heavy atom. The van der Waals surface area contributed by atoms with Gasteiger partial charge in [0, 0.05) is 6.42 Å². The summed E-state index contributed by atoms with van der Waals surface area (Å²) in [5, 5.41) is 8.48. The van der Waals surface area contributed by atoms with E-state index < -0.39 is 5.97 Å². The average molecular weight is 246 g/mol. The molecule has 0 fully saturated rings. The van der Waals surface area contributed by atoms with Gasteiger partial charge >= 0.3 is 5.97 Å². The number of hydrogen-bond acceptors (Lipinski definition) is 2. The van der Waals surface area contributed by atoms with Crippen molar-refractivity contribution in [1.29, 1.82) is 0 Å². The van der Waals surface area contributed by atoms with Crippen LogP contribution >= 0.6 is 11.8 Å². The number of nitrogens with zero attached hydrogens (tertiary/aromatic N) is 2. The van der Waals surface area contributed by atoms with Gasteiger partial charge in [-0.3, -0.25) is 14.5 Å². The standard InChI is InChI=1S/C12H10N2O2S/c1-13-10-6-5-9(8-11(10)14-2)17-7-3-4-12(15)16/h5-6,8H,3-4,7H2,(H,15,16). The highest BCUT2D eigenvalue weighted by molar-refractivity contribution is 7.99. The third kappa shape index (κ3) is 4.18. The summed E-state index contributed by atoms with van der Waals surface area (Å²) in [6, 6.07) is 5.08. The van der Waals surface area contributed by atoms with E-state index in [0.29, 0.717) is 23.5 Å². The molecule has 0 atom stereocenters. The first-order chi connectivity index (χ1) is 8.17. The second-order valence-electron chi connectivity index (χ2n) is 3.22. The minimum atomic E-state index is -0.796. The maximum atomic E-state index is 10.3. The van der Waals surface area contributed by atoms with E-state index in [1.54, 1.807) is 18.2 Å². The lowest BCUT2D eigenvalue weighted by atomic mass is 10.3. The van der Waals surface area contributed by atoms with Crippen LogP contribution < -0.4 is 0 Å². The Morgan fingerprint density at radius 1 is 1.29 bits per heavy atom. The van der Waals surface area contributed by atoms with Crippen LogP contribution in [0.4, 0.5) is 11.4 Å². The zero-order valence-corrected chi connectivity index (χ0v) is 9.83. The van der Waals surface area contributed by atoms with E-state index in [4.69, 9.17) is 18.3 Å². The molecule has 17 heavy (non-hydrogen) atoms. The number of carboxylic acid groups (broad SMARTS) is 1. The van der Waals surface area contributed by atoms with E-state index in [-0.39, 0.29) is 6.42 Å². The highest BCUT2D eigenvalue weighted by Crippen LogP contribution is 2.32. The van der Waals surface area contributed by atoms with Crippen molar-refractivity contribution in [1.82, 2.24) is 0 Å². The molecule has 1 aromatic rings. The summed E-state index contributed by atoms with van der Waals surface area (Å²) < 4.78 is 0. The SMILES string of the molecule is [C-]#[N+]c1ccc(SCCCC(=O)O)cc1[N+]#[C-]. The van der Waals surface area contributed by atoms with E-state index in [1.807, 2.05) is 0 Å². The Bertz CT molecular complexity index is 500. The second kappa shape index (κ2) is 6.57. The number of benzene rings is 1. The molecule has 0 saturated heterocycles. The van der Waals surface area contributed by atoms with Gasteiger partial charge in [0.05, 0.1) is 13.1 Å². The highest BCUT2D eigenvalue weighted by atomic mass is 32.2. The number of thioether (sulfide) groups is 1. The van der Waals surface area contributed by atoms with Crippen molar-refractivity contribution in [2.24, 2.45) is 0 Å². The summed E-state index contributed by atoms with van der Waals surface area (Å²) in [4.78, 5) is 17.7. The second-order valence-corrected chi connectivity index (χ2v) is 4.39. The molecule has 0 radical (unpaired) electrons. The normalized spacial score (nSPS) is 9.29. The van der Waals surface area contributed by atoms with E-state index >= 15 is 0 Å². The predicted octanol–water partition coefficient (Wildman–Crippen LogP) is 3.75. The summed E-state index contributed by atoms with van der Waals surface area (Å²) in [5.41, 5.74) is 0.707. The van der Waals surface area contributed by atoms with Gasteiger partial charge in [-0.1, -0.05) is 18.2 Å². The first-order valence-corrected chi connectivity index (χ1v) is 5.89. The van der Waals surface area contributed by atoms with E-state index in [1.165, 1.54) is 11.8 Å². The first-order valence-electron chi connectivity index (χ1n) is 4.91. The Balaban J connectivity index is 2.59. The van der Waals surface area contributed by atoms with Crippen LogP contribution in [0.15, 0.2) is 23.1 Å². The van der Waals surface area contributed by atoms with Gasteiger partial charge in [0.15, 0.2) is 11.4 Å². The molecule has 0 aromatic heterocycles. The number of carbonyl (C=O) groups is 1. The molecule has 0 unspecified atom stereocenters. The molecular formula is C12H10N2O2S. The van der Waals surface area contributed by atoms with Gasteiger partial charge in [0.25, 0.3) is 0 Å². The highest BCUT2D eigenvalue weighted by Gasteiger charge is 2.04. The lowest BCUT2D eigenvalue weighted by Crippen LogP contribution is -1.94. The van der Waals surface area contributed by atoms with Crippen molar-refractivity contribution in [2.75, 3.05) is 5.75 Å².